The zero-order valence-corrected chi connectivity index (χ0v) is 28.4. The van der Waals surface area contributed by atoms with Crippen LogP contribution in [0.2, 0.25) is 0 Å². The third-order valence-electron chi connectivity index (χ3n) is 10.2. The van der Waals surface area contributed by atoms with Crippen LogP contribution in [-0.2, 0) is 0 Å². The van der Waals surface area contributed by atoms with Gasteiger partial charge in [0.25, 0.3) is 0 Å². The number of rotatable bonds is 6. The van der Waals surface area contributed by atoms with Crippen molar-refractivity contribution in [2.24, 2.45) is 0 Å². The first-order valence-corrected chi connectivity index (χ1v) is 17.8. The van der Waals surface area contributed by atoms with Crippen LogP contribution in [0.3, 0.4) is 0 Å². The Hall–Kier alpha value is -6.90. The Balaban J connectivity index is 1.19. The van der Waals surface area contributed by atoms with E-state index >= 15 is 0 Å². The molecular weight excluding hydrogens is 631 g/mol. The molecule has 0 N–H and O–H groups in total. The van der Waals surface area contributed by atoms with Crippen LogP contribution >= 0.6 is 0 Å². The monoisotopic (exact) mass is 663 g/mol. The van der Waals surface area contributed by atoms with Gasteiger partial charge in [0, 0.05) is 33.1 Å². The highest BCUT2D eigenvalue weighted by molar-refractivity contribution is 6.21. The molecule has 10 aromatic rings. The van der Waals surface area contributed by atoms with Crippen molar-refractivity contribution in [3.05, 3.63) is 200 Å². The number of fused-ring (bicyclic) bond motifs is 6. The fourth-order valence-electron chi connectivity index (χ4n) is 7.71. The molecule has 52 heavy (non-hydrogen) atoms. The summed E-state index contributed by atoms with van der Waals surface area (Å²) in [6.45, 7) is 0. The normalized spacial score (nSPS) is 11.5. The zero-order chi connectivity index (χ0) is 34.4. The molecular formula is C50H33NO. The first kappa shape index (κ1) is 30.0. The van der Waals surface area contributed by atoms with E-state index in [2.05, 4.69) is 205 Å². The van der Waals surface area contributed by atoms with Crippen LogP contribution in [-0.4, -0.2) is 0 Å². The van der Waals surface area contributed by atoms with Crippen LogP contribution in [0.5, 0.6) is 0 Å². The number of nitrogens with zero attached hydrogens (tertiary/aromatic N) is 1. The quantitative estimate of drug-likeness (QED) is 0.176. The van der Waals surface area contributed by atoms with Gasteiger partial charge in [0.2, 0.25) is 0 Å². The minimum Gasteiger partial charge on any atom is -0.455 e. The lowest BCUT2D eigenvalue weighted by atomic mass is 9.95. The van der Waals surface area contributed by atoms with E-state index in [1.165, 1.54) is 38.6 Å². The molecule has 0 aliphatic rings. The van der Waals surface area contributed by atoms with Crippen molar-refractivity contribution in [3.8, 4) is 33.4 Å². The van der Waals surface area contributed by atoms with Crippen LogP contribution in [0.15, 0.2) is 205 Å². The number of hydrogen-bond donors (Lipinski definition) is 0. The van der Waals surface area contributed by atoms with Gasteiger partial charge < -0.3 is 9.32 Å². The number of para-hydroxylation sites is 1. The van der Waals surface area contributed by atoms with Crippen molar-refractivity contribution < 1.29 is 4.42 Å². The smallest absolute Gasteiger partial charge is 0.143 e. The van der Waals surface area contributed by atoms with Crippen molar-refractivity contribution in [1.82, 2.24) is 0 Å². The standard InChI is InChI=1S/C50H33NO/c1-3-14-36(15-4-1)43-20-11-12-22-47(43)51(41-27-25-35(26-28-41)39-24-23-34-13-7-8-18-38(34)31-39)42-29-30-48-46(33-42)49-45(37-16-5-2-6-17-37)32-40-19-9-10-21-44(40)50(49)52-48/h1-33H. The van der Waals surface area contributed by atoms with E-state index in [0.717, 1.165) is 55.3 Å². The molecule has 9 aromatic carbocycles. The van der Waals surface area contributed by atoms with Gasteiger partial charge in [0.1, 0.15) is 11.2 Å². The molecule has 0 saturated heterocycles. The lowest BCUT2D eigenvalue weighted by Gasteiger charge is -2.28. The predicted molar refractivity (Wildman–Crippen MR) is 220 cm³/mol. The Morgan fingerprint density at radius 1 is 0.346 bits per heavy atom. The van der Waals surface area contributed by atoms with Gasteiger partial charge in [-0.15, -0.1) is 0 Å². The molecule has 0 atom stereocenters. The average Bonchev–Trinajstić information content (AvgIpc) is 3.61. The summed E-state index contributed by atoms with van der Waals surface area (Å²) in [5.41, 5.74) is 12.1. The number of furan rings is 1. The number of hydrogen-bond acceptors (Lipinski definition) is 2. The maximum Gasteiger partial charge on any atom is 0.143 e. The van der Waals surface area contributed by atoms with Crippen LogP contribution in [0, 0.1) is 0 Å². The van der Waals surface area contributed by atoms with Crippen molar-refractivity contribution >= 4 is 60.5 Å². The SMILES string of the molecule is c1ccc(-c2ccccc2N(c2ccc(-c3ccc4ccccc4c3)cc2)c2ccc3oc4c5ccccc5cc(-c5ccccc5)c4c3c2)cc1. The Labute approximate surface area is 302 Å². The maximum atomic E-state index is 6.74. The third kappa shape index (κ3) is 5.12. The van der Waals surface area contributed by atoms with Gasteiger partial charge >= 0.3 is 0 Å². The maximum absolute atomic E-state index is 6.74. The van der Waals surface area contributed by atoms with E-state index in [1.54, 1.807) is 0 Å². The highest BCUT2D eigenvalue weighted by Crippen LogP contribution is 2.46. The highest BCUT2D eigenvalue weighted by atomic mass is 16.3. The minimum atomic E-state index is 0.871. The van der Waals surface area contributed by atoms with Crippen LogP contribution in [0.25, 0.3) is 76.9 Å². The van der Waals surface area contributed by atoms with Crippen molar-refractivity contribution in [1.29, 1.82) is 0 Å². The molecule has 0 bridgehead atoms. The van der Waals surface area contributed by atoms with Gasteiger partial charge in [-0.1, -0.05) is 152 Å². The number of benzene rings is 9. The summed E-state index contributed by atoms with van der Waals surface area (Å²) in [4.78, 5) is 2.38. The summed E-state index contributed by atoms with van der Waals surface area (Å²) in [7, 11) is 0. The molecule has 0 amide bonds. The van der Waals surface area contributed by atoms with Crippen molar-refractivity contribution in [3.63, 3.8) is 0 Å². The van der Waals surface area contributed by atoms with Gasteiger partial charge in [0.15, 0.2) is 0 Å². The Kier molecular flexibility index (Phi) is 7.18. The van der Waals surface area contributed by atoms with Gasteiger partial charge in [-0.3, -0.25) is 0 Å². The molecule has 0 saturated carbocycles. The highest BCUT2D eigenvalue weighted by Gasteiger charge is 2.21. The van der Waals surface area contributed by atoms with Gasteiger partial charge in [0.05, 0.1) is 5.69 Å². The Morgan fingerprint density at radius 2 is 0.962 bits per heavy atom. The molecule has 2 heteroatoms. The lowest BCUT2D eigenvalue weighted by molar-refractivity contribution is 0.673. The fourth-order valence-corrected chi connectivity index (χ4v) is 7.71. The first-order chi connectivity index (χ1) is 25.8. The van der Waals surface area contributed by atoms with Crippen LogP contribution < -0.4 is 4.90 Å². The third-order valence-corrected chi connectivity index (χ3v) is 10.2. The Morgan fingerprint density at radius 3 is 1.75 bits per heavy atom. The minimum absolute atomic E-state index is 0.871. The molecule has 0 aliphatic carbocycles. The summed E-state index contributed by atoms with van der Waals surface area (Å²) in [5, 5.41) is 6.99. The molecule has 10 rings (SSSR count). The summed E-state index contributed by atoms with van der Waals surface area (Å²) in [5.74, 6) is 0. The molecule has 1 heterocycles. The molecule has 0 fully saturated rings. The van der Waals surface area contributed by atoms with E-state index in [0.29, 0.717) is 0 Å². The molecule has 1 aromatic heterocycles. The number of anilines is 3. The first-order valence-electron chi connectivity index (χ1n) is 17.8. The molecule has 0 radical (unpaired) electrons. The topological polar surface area (TPSA) is 16.4 Å². The lowest BCUT2D eigenvalue weighted by Crippen LogP contribution is -2.11. The van der Waals surface area contributed by atoms with Crippen molar-refractivity contribution in [2.45, 2.75) is 0 Å². The molecule has 0 spiro atoms. The second kappa shape index (κ2) is 12.5. The van der Waals surface area contributed by atoms with E-state index in [9.17, 15) is 0 Å². The second-order valence-corrected chi connectivity index (χ2v) is 13.3. The van der Waals surface area contributed by atoms with E-state index in [1.807, 2.05) is 0 Å². The predicted octanol–water partition coefficient (Wildman–Crippen LogP) is 14.4. The molecule has 2 nitrogen and oxygen atoms in total. The summed E-state index contributed by atoms with van der Waals surface area (Å²) in [6.07, 6.45) is 0. The summed E-state index contributed by atoms with van der Waals surface area (Å²) in [6, 6.07) is 71.6. The zero-order valence-electron chi connectivity index (χ0n) is 28.4. The van der Waals surface area contributed by atoms with Crippen molar-refractivity contribution in [2.75, 3.05) is 4.90 Å². The Bertz CT molecular complexity index is 2890. The van der Waals surface area contributed by atoms with E-state index in [4.69, 9.17) is 4.42 Å². The largest absolute Gasteiger partial charge is 0.455 e. The molecule has 0 unspecified atom stereocenters. The van der Waals surface area contributed by atoms with Crippen LogP contribution in [0.1, 0.15) is 0 Å². The van der Waals surface area contributed by atoms with Gasteiger partial charge in [-0.2, -0.15) is 0 Å². The average molecular weight is 664 g/mol. The molecule has 244 valence electrons. The second-order valence-electron chi connectivity index (χ2n) is 13.3. The summed E-state index contributed by atoms with van der Waals surface area (Å²) < 4.78 is 6.74. The summed E-state index contributed by atoms with van der Waals surface area (Å²) >= 11 is 0. The van der Waals surface area contributed by atoms with Gasteiger partial charge in [-0.25, -0.2) is 0 Å². The van der Waals surface area contributed by atoms with Gasteiger partial charge in [-0.05, 0) is 92.5 Å². The van der Waals surface area contributed by atoms with E-state index in [-0.39, 0.29) is 0 Å². The fraction of sp³-hybridized carbons (Fsp3) is 0. The van der Waals surface area contributed by atoms with Crippen LogP contribution in [0.4, 0.5) is 17.1 Å². The molecule has 0 aliphatic heterocycles. The van der Waals surface area contributed by atoms with E-state index < -0.39 is 0 Å².